The molecule has 0 aromatic carbocycles. The van der Waals surface area contributed by atoms with Gasteiger partial charge in [-0.3, -0.25) is 0 Å². The lowest BCUT2D eigenvalue weighted by Gasteiger charge is -2.27. The van der Waals surface area contributed by atoms with E-state index in [1.54, 1.807) is 17.0 Å². The number of amides is 2. The quantitative estimate of drug-likeness (QED) is 0.870. The van der Waals surface area contributed by atoms with Crippen molar-refractivity contribution in [3.05, 3.63) is 24.0 Å². The number of hydrogen-bond donors (Lipinski definition) is 2. The molecule has 0 saturated carbocycles. The molecule has 1 atom stereocenters. The minimum absolute atomic E-state index is 0.136. The zero-order chi connectivity index (χ0) is 14.5. The van der Waals surface area contributed by atoms with Gasteiger partial charge in [0.2, 0.25) is 0 Å². The van der Waals surface area contributed by atoms with Crippen LogP contribution in [-0.2, 0) is 0 Å². The smallest absolute Gasteiger partial charge is 0.356 e. The van der Waals surface area contributed by atoms with Crippen LogP contribution < -0.4 is 5.32 Å². The van der Waals surface area contributed by atoms with Gasteiger partial charge in [-0.1, -0.05) is 12.8 Å². The molecule has 1 aliphatic rings. The standard InChI is InChI=1S/C14H19N3O3/c1-10-6-3-2-4-9-17(10)14(20)16-11-7-5-8-15-12(11)13(18)19/h5,7-8,10H,2-4,6,9H2,1H3,(H,16,20)(H,18,19). The second-order valence-corrected chi connectivity index (χ2v) is 5.03. The molecule has 2 N–H and O–H groups in total. The first-order valence-electron chi connectivity index (χ1n) is 6.85. The minimum atomic E-state index is -1.15. The Balaban J connectivity index is 2.13. The van der Waals surface area contributed by atoms with E-state index < -0.39 is 5.97 Å². The molecular formula is C14H19N3O3. The third-order valence-electron chi connectivity index (χ3n) is 3.57. The molecule has 2 amide bonds. The summed E-state index contributed by atoms with van der Waals surface area (Å²) in [6, 6.07) is 3.07. The number of likely N-dealkylation sites (tertiary alicyclic amines) is 1. The Labute approximate surface area is 117 Å². The van der Waals surface area contributed by atoms with E-state index >= 15 is 0 Å². The number of nitrogens with one attached hydrogen (secondary N) is 1. The van der Waals surface area contributed by atoms with Crippen molar-refractivity contribution in [2.75, 3.05) is 11.9 Å². The van der Waals surface area contributed by atoms with Gasteiger partial charge in [-0.05, 0) is 31.9 Å². The second kappa shape index (κ2) is 6.36. The number of urea groups is 1. The van der Waals surface area contributed by atoms with Crippen molar-refractivity contribution in [2.24, 2.45) is 0 Å². The highest BCUT2D eigenvalue weighted by molar-refractivity contribution is 5.98. The molecule has 20 heavy (non-hydrogen) atoms. The van der Waals surface area contributed by atoms with Crippen LogP contribution >= 0.6 is 0 Å². The highest BCUT2D eigenvalue weighted by Gasteiger charge is 2.23. The van der Waals surface area contributed by atoms with Gasteiger partial charge in [0.25, 0.3) is 0 Å². The Morgan fingerprint density at radius 2 is 2.20 bits per heavy atom. The van der Waals surface area contributed by atoms with Crippen LogP contribution in [0.4, 0.5) is 10.5 Å². The fourth-order valence-corrected chi connectivity index (χ4v) is 2.44. The number of carbonyl (C=O) groups excluding carboxylic acids is 1. The summed E-state index contributed by atoms with van der Waals surface area (Å²) >= 11 is 0. The lowest BCUT2D eigenvalue weighted by atomic mass is 10.1. The normalized spacial score (nSPS) is 19.2. The summed E-state index contributed by atoms with van der Waals surface area (Å²) in [7, 11) is 0. The van der Waals surface area contributed by atoms with E-state index in [-0.39, 0.29) is 23.5 Å². The predicted molar refractivity (Wildman–Crippen MR) is 74.9 cm³/mol. The molecule has 108 valence electrons. The van der Waals surface area contributed by atoms with Gasteiger partial charge < -0.3 is 15.3 Å². The Kier molecular flexibility index (Phi) is 4.55. The Morgan fingerprint density at radius 3 is 2.95 bits per heavy atom. The monoisotopic (exact) mass is 277 g/mol. The van der Waals surface area contributed by atoms with E-state index in [0.29, 0.717) is 6.54 Å². The first-order valence-corrected chi connectivity index (χ1v) is 6.85. The van der Waals surface area contributed by atoms with E-state index in [9.17, 15) is 9.59 Å². The lowest BCUT2D eigenvalue weighted by Crippen LogP contribution is -2.41. The number of carboxylic acids is 1. The molecule has 2 heterocycles. The summed E-state index contributed by atoms with van der Waals surface area (Å²) in [4.78, 5) is 28.9. The SMILES string of the molecule is CC1CCCCCN1C(=O)Nc1cccnc1C(=O)O. The molecule has 0 aliphatic carbocycles. The largest absolute Gasteiger partial charge is 0.476 e. The van der Waals surface area contributed by atoms with E-state index in [2.05, 4.69) is 10.3 Å². The van der Waals surface area contributed by atoms with Crippen molar-refractivity contribution in [1.82, 2.24) is 9.88 Å². The summed E-state index contributed by atoms with van der Waals surface area (Å²) < 4.78 is 0. The van der Waals surface area contributed by atoms with E-state index in [1.165, 1.54) is 6.20 Å². The molecule has 2 rings (SSSR count). The zero-order valence-electron chi connectivity index (χ0n) is 11.5. The minimum Gasteiger partial charge on any atom is -0.476 e. The van der Waals surface area contributed by atoms with Crippen molar-refractivity contribution in [3.8, 4) is 0 Å². The summed E-state index contributed by atoms with van der Waals surface area (Å²) in [5.41, 5.74) is 0.102. The molecule has 1 saturated heterocycles. The topological polar surface area (TPSA) is 82.5 Å². The zero-order valence-corrected chi connectivity index (χ0v) is 11.5. The van der Waals surface area contributed by atoms with Gasteiger partial charge in [-0.15, -0.1) is 0 Å². The number of carbonyl (C=O) groups is 2. The summed E-state index contributed by atoms with van der Waals surface area (Å²) in [6.45, 7) is 2.72. The van der Waals surface area contributed by atoms with Crippen LogP contribution in [0, 0.1) is 0 Å². The molecule has 1 aromatic rings. The van der Waals surface area contributed by atoms with Crippen molar-refractivity contribution in [1.29, 1.82) is 0 Å². The number of aromatic nitrogens is 1. The van der Waals surface area contributed by atoms with Crippen LogP contribution in [0.3, 0.4) is 0 Å². The number of nitrogens with zero attached hydrogens (tertiary/aromatic N) is 2. The fourth-order valence-electron chi connectivity index (χ4n) is 2.44. The fraction of sp³-hybridized carbons (Fsp3) is 0.500. The van der Waals surface area contributed by atoms with Crippen LogP contribution in [0.25, 0.3) is 0 Å². The van der Waals surface area contributed by atoms with E-state index in [4.69, 9.17) is 5.11 Å². The van der Waals surface area contributed by atoms with Gasteiger partial charge in [0.15, 0.2) is 5.69 Å². The highest BCUT2D eigenvalue weighted by Crippen LogP contribution is 2.19. The highest BCUT2D eigenvalue weighted by atomic mass is 16.4. The van der Waals surface area contributed by atoms with E-state index in [0.717, 1.165) is 25.7 Å². The molecule has 6 nitrogen and oxygen atoms in total. The summed E-state index contributed by atoms with van der Waals surface area (Å²) in [5, 5.41) is 11.7. The molecule has 0 spiro atoms. The molecule has 1 aromatic heterocycles. The number of pyridine rings is 1. The maximum atomic E-state index is 12.3. The van der Waals surface area contributed by atoms with Gasteiger partial charge >= 0.3 is 12.0 Å². The Morgan fingerprint density at radius 1 is 1.40 bits per heavy atom. The van der Waals surface area contributed by atoms with Crippen LogP contribution in [0.15, 0.2) is 18.3 Å². The maximum absolute atomic E-state index is 12.3. The summed E-state index contributed by atoms with van der Waals surface area (Å²) in [6.07, 6.45) is 5.61. The molecule has 0 radical (unpaired) electrons. The van der Waals surface area contributed by atoms with Crippen LogP contribution in [0.5, 0.6) is 0 Å². The van der Waals surface area contributed by atoms with Gasteiger partial charge in [0, 0.05) is 18.8 Å². The van der Waals surface area contributed by atoms with Crippen molar-refractivity contribution in [3.63, 3.8) is 0 Å². The number of rotatable bonds is 2. The van der Waals surface area contributed by atoms with Gasteiger partial charge in [0.1, 0.15) is 0 Å². The molecule has 1 aliphatic heterocycles. The van der Waals surface area contributed by atoms with Crippen LogP contribution in [0.1, 0.15) is 43.1 Å². The van der Waals surface area contributed by atoms with E-state index in [1.807, 2.05) is 6.92 Å². The van der Waals surface area contributed by atoms with Gasteiger partial charge in [0.05, 0.1) is 5.69 Å². The van der Waals surface area contributed by atoms with Crippen LogP contribution in [0.2, 0.25) is 0 Å². The third-order valence-corrected chi connectivity index (χ3v) is 3.57. The molecule has 1 unspecified atom stereocenters. The number of hydrogen-bond acceptors (Lipinski definition) is 3. The Bertz CT molecular complexity index is 504. The first-order chi connectivity index (χ1) is 9.59. The Hall–Kier alpha value is -2.11. The maximum Gasteiger partial charge on any atom is 0.356 e. The third kappa shape index (κ3) is 3.26. The predicted octanol–water partition coefficient (Wildman–Crippen LogP) is 2.58. The average Bonchev–Trinajstić information content (AvgIpc) is 2.63. The van der Waals surface area contributed by atoms with Crippen LogP contribution in [-0.4, -0.2) is 39.6 Å². The van der Waals surface area contributed by atoms with Gasteiger partial charge in [-0.2, -0.15) is 0 Å². The molecule has 6 heteroatoms. The summed E-state index contributed by atoms with van der Waals surface area (Å²) in [5.74, 6) is -1.15. The number of carboxylic acid groups (broad SMARTS) is 1. The van der Waals surface area contributed by atoms with Crippen molar-refractivity contribution >= 4 is 17.7 Å². The lowest BCUT2D eigenvalue weighted by molar-refractivity contribution is 0.0691. The molecule has 0 bridgehead atoms. The van der Waals surface area contributed by atoms with Crippen molar-refractivity contribution in [2.45, 2.75) is 38.6 Å². The number of anilines is 1. The van der Waals surface area contributed by atoms with Crippen molar-refractivity contribution < 1.29 is 14.7 Å². The molecular weight excluding hydrogens is 258 g/mol. The molecule has 1 fully saturated rings. The van der Waals surface area contributed by atoms with Gasteiger partial charge in [-0.25, -0.2) is 14.6 Å². The number of aromatic carboxylic acids is 1. The second-order valence-electron chi connectivity index (χ2n) is 5.03. The average molecular weight is 277 g/mol. The first kappa shape index (κ1) is 14.3.